The predicted molar refractivity (Wildman–Crippen MR) is 143 cm³/mol. The van der Waals surface area contributed by atoms with Crippen molar-refractivity contribution in [1.29, 1.82) is 0 Å². The van der Waals surface area contributed by atoms with Crippen LogP contribution in [0.25, 0.3) is 0 Å². The molecule has 3 aromatic carbocycles. The van der Waals surface area contributed by atoms with E-state index in [-0.39, 0.29) is 36.1 Å². The fourth-order valence-electron chi connectivity index (χ4n) is 4.23. The van der Waals surface area contributed by atoms with E-state index in [4.69, 9.17) is 0 Å². The number of aliphatic hydroxyl groups is 1. The highest BCUT2D eigenvalue weighted by Crippen LogP contribution is 2.39. The first-order valence-electron chi connectivity index (χ1n) is 11.6. The number of benzene rings is 3. The van der Waals surface area contributed by atoms with E-state index >= 15 is 0 Å². The normalized spacial score (nSPS) is 18.8. The Morgan fingerprint density at radius 1 is 1.03 bits per heavy atom. The number of anilines is 1. The molecule has 38 heavy (non-hydrogen) atoms. The van der Waals surface area contributed by atoms with Crippen LogP contribution in [-0.2, 0) is 15.6 Å². The molecule has 2 atom stereocenters. The molecular formula is C26H26F4N2O3S3. The van der Waals surface area contributed by atoms with Crippen molar-refractivity contribution < 1.29 is 31.1 Å². The molecule has 0 radical (unpaired) electrons. The molecule has 4 rings (SSSR count). The minimum absolute atomic E-state index is 0.0899. The van der Waals surface area contributed by atoms with Crippen LogP contribution >= 0.6 is 24.4 Å². The number of piperazine rings is 1. The maximum Gasteiger partial charge on any atom is 0.421 e. The van der Waals surface area contributed by atoms with Gasteiger partial charge in [-0.1, -0.05) is 30.3 Å². The van der Waals surface area contributed by atoms with Gasteiger partial charge in [0, 0.05) is 40.9 Å². The molecule has 0 bridgehead atoms. The summed E-state index contributed by atoms with van der Waals surface area (Å²) in [6.45, 7) is 1.23. The summed E-state index contributed by atoms with van der Waals surface area (Å²) >= 11 is 5.66. The zero-order valence-corrected chi connectivity index (χ0v) is 22.8. The van der Waals surface area contributed by atoms with Crippen LogP contribution in [-0.4, -0.2) is 55.4 Å². The van der Waals surface area contributed by atoms with E-state index in [0.29, 0.717) is 28.2 Å². The Bertz CT molecular complexity index is 1380. The molecule has 0 amide bonds. The van der Waals surface area contributed by atoms with Crippen molar-refractivity contribution in [3.05, 3.63) is 84.2 Å². The van der Waals surface area contributed by atoms with Gasteiger partial charge in [0.2, 0.25) is 10.0 Å². The van der Waals surface area contributed by atoms with Crippen molar-refractivity contribution >= 4 is 40.1 Å². The summed E-state index contributed by atoms with van der Waals surface area (Å²) in [5, 5.41) is 10.0. The third-order valence-corrected chi connectivity index (χ3v) is 10.1. The minimum Gasteiger partial charge on any atom is -0.376 e. The summed E-state index contributed by atoms with van der Waals surface area (Å²) in [6, 6.07) is 17.5. The Hall–Kier alpha value is -2.25. The van der Waals surface area contributed by atoms with Crippen molar-refractivity contribution in [2.24, 2.45) is 0 Å². The molecule has 0 spiro atoms. The van der Waals surface area contributed by atoms with Crippen LogP contribution in [0.1, 0.15) is 12.5 Å². The number of hydrogen-bond acceptors (Lipinski definition) is 6. The van der Waals surface area contributed by atoms with Crippen LogP contribution in [0, 0.1) is 5.82 Å². The van der Waals surface area contributed by atoms with E-state index in [0.717, 1.165) is 0 Å². The molecule has 1 N–H and O–H groups in total. The van der Waals surface area contributed by atoms with Gasteiger partial charge in [0.05, 0.1) is 10.9 Å². The number of nitrogens with zero attached hydrogens (tertiary/aromatic N) is 2. The van der Waals surface area contributed by atoms with Gasteiger partial charge in [-0.25, -0.2) is 12.8 Å². The summed E-state index contributed by atoms with van der Waals surface area (Å²) in [7, 11) is -3.86. The van der Waals surface area contributed by atoms with E-state index < -0.39 is 27.6 Å². The van der Waals surface area contributed by atoms with Crippen LogP contribution in [0.4, 0.5) is 23.2 Å². The molecular weight excluding hydrogens is 560 g/mol. The monoisotopic (exact) mass is 586 g/mol. The number of hydrogen-bond donors (Lipinski definition) is 2. The first-order chi connectivity index (χ1) is 17.8. The van der Waals surface area contributed by atoms with Gasteiger partial charge in [-0.15, -0.1) is 24.4 Å². The fraction of sp³-hybridized carbons (Fsp3) is 0.308. The largest absolute Gasteiger partial charge is 0.421 e. The SMILES string of the molecule is C[C@@](O)(c1ccc(N2CCN(S(=O)(=O)c3ccccc3S)C[C@@H]2CSc2cccc(F)c2)cc1)C(F)(F)F. The molecule has 1 fully saturated rings. The van der Waals surface area contributed by atoms with Gasteiger partial charge in [-0.05, 0) is 55.0 Å². The Morgan fingerprint density at radius 3 is 2.34 bits per heavy atom. The van der Waals surface area contributed by atoms with E-state index in [1.165, 1.54) is 58.5 Å². The molecule has 0 aromatic heterocycles. The standard InChI is InChI=1S/C26H26F4N2O3S3/c1-25(33,26(28,29)30)18-9-11-20(12-10-18)32-14-13-31(38(34,35)24-8-3-2-7-23(24)36)16-21(32)17-37-22-6-4-5-19(27)15-22/h2-12,15,21,33,36H,13-14,16-17H2,1H3/t21-,25-/m1/s1. The Balaban J connectivity index is 1.62. The van der Waals surface area contributed by atoms with Crippen molar-refractivity contribution in [1.82, 2.24) is 4.31 Å². The quantitative estimate of drug-likeness (QED) is 0.216. The molecule has 12 heteroatoms. The van der Waals surface area contributed by atoms with Crippen molar-refractivity contribution in [2.45, 2.75) is 39.4 Å². The zero-order valence-electron chi connectivity index (χ0n) is 20.3. The topological polar surface area (TPSA) is 60.9 Å². The highest BCUT2D eigenvalue weighted by molar-refractivity contribution is 7.99. The van der Waals surface area contributed by atoms with Crippen LogP contribution < -0.4 is 4.90 Å². The van der Waals surface area contributed by atoms with Gasteiger partial charge in [0.25, 0.3) is 0 Å². The molecule has 1 saturated heterocycles. The second-order valence-corrected chi connectivity index (χ2v) is 12.5. The lowest BCUT2D eigenvalue weighted by atomic mass is 9.95. The van der Waals surface area contributed by atoms with Crippen LogP contribution in [0.2, 0.25) is 0 Å². The Labute approximate surface area is 228 Å². The van der Waals surface area contributed by atoms with Gasteiger partial charge in [-0.2, -0.15) is 17.5 Å². The van der Waals surface area contributed by atoms with E-state index in [1.807, 2.05) is 4.90 Å². The van der Waals surface area contributed by atoms with Gasteiger partial charge in [-0.3, -0.25) is 0 Å². The Morgan fingerprint density at radius 2 is 1.71 bits per heavy atom. The third-order valence-electron chi connectivity index (χ3n) is 6.48. The lowest BCUT2D eigenvalue weighted by Gasteiger charge is -2.42. The van der Waals surface area contributed by atoms with Gasteiger partial charge in [0.15, 0.2) is 5.60 Å². The molecule has 0 unspecified atom stereocenters. The van der Waals surface area contributed by atoms with Gasteiger partial charge in [0.1, 0.15) is 5.82 Å². The van der Waals surface area contributed by atoms with Crippen LogP contribution in [0.3, 0.4) is 0 Å². The Kier molecular flexibility index (Phi) is 8.39. The maximum atomic E-state index is 13.7. The molecule has 1 aliphatic heterocycles. The molecule has 5 nitrogen and oxygen atoms in total. The maximum absolute atomic E-state index is 13.7. The third kappa shape index (κ3) is 5.99. The molecule has 204 valence electrons. The van der Waals surface area contributed by atoms with Gasteiger partial charge >= 0.3 is 6.18 Å². The average molecular weight is 587 g/mol. The molecule has 3 aromatic rings. The van der Waals surface area contributed by atoms with Crippen molar-refractivity contribution in [3.63, 3.8) is 0 Å². The van der Waals surface area contributed by atoms with E-state index in [2.05, 4.69) is 12.6 Å². The molecule has 0 saturated carbocycles. The number of halogens is 4. The number of thiol groups is 1. The summed E-state index contributed by atoms with van der Waals surface area (Å²) in [5.74, 6) is -0.00240. The number of thioether (sulfide) groups is 1. The first-order valence-corrected chi connectivity index (χ1v) is 14.5. The lowest BCUT2D eigenvalue weighted by Crippen LogP contribution is -2.56. The highest BCUT2D eigenvalue weighted by Gasteiger charge is 2.51. The summed E-state index contributed by atoms with van der Waals surface area (Å²) in [5.41, 5.74) is -2.72. The van der Waals surface area contributed by atoms with E-state index in [9.17, 15) is 31.1 Å². The predicted octanol–water partition coefficient (Wildman–Crippen LogP) is 5.56. The number of sulfonamides is 1. The lowest BCUT2D eigenvalue weighted by molar-refractivity contribution is -0.258. The van der Waals surface area contributed by atoms with Crippen molar-refractivity contribution in [2.75, 3.05) is 30.3 Å². The zero-order chi connectivity index (χ0) is 27.7. The van der Waals surface area contributed by atoms with Crippen LogP contribution in [0.5, 0.6) is 0 Å². The second kappa shape index (κ2) is 11.1. The molecule has 0 aliphatic carbocycles. The number of alkyl halides is 3. The molecule has 1 heterocycles. The van der Waals surface area contributed by atoms with E-state index in [1.54, 1.807) is 30.3 Å². The summed E-state index contributed by atoms with van der Waals surface area (Å²) < 4.78 is 81.8. The van der Waals surface area contributed by atoms with Crippen LogP contribution in [0.15, 0.2) is 87.5 Å². The first kappa shape index (κ1) is 28.8. The smallest absolute Gasteiger partial charge is 0.376 e. The minimum atomic E-state index is -4.85. The fourth-order valence-corrected chi connectivity index (χ4v) is 7.33. The summed E-state index contributed by atoms with van der Waals surface area (Å²) in [4.78, 5) is 3.01. The number of rotatable bonds is 7. The van der Waals surface area contributed by atoms with Gasteiger partial charge < -0.3 is 10.0 Å². The van der Waals surface area contributed by atoms with Crippen molar-refractivity contribution in [3.8, 4) is 0 Å². The molecule has 1 aliphatic rings. The summed E-state index contributed by atoms with van der Waals surface area (Å²) in [6.07, 6.45) is -4.85. The second-order valence-electron chi connectivity index (χ2n) is 9.06. The highest BCUT2D eigenvalue weighted by atomic mass is 32.2. The average Bonchev–Trinajstić information content (AvgIpc) is 2.87.